The fourth-order valence-electron chi connectivity index (χ4n) is 2.22. The Labute approximate surface area is 136 Å². The standard InChI is InChI=1S/C16H12N4O2S/c1-22-16(21)14-13(5-6-23-14)9-20-15(18-10-19-20)12-4-2-3-11(7-12)8-17/h2-7,10H,9H2,1H3. The zero-order valence-electron chi connectivity index (χ0n) is 12.3. The van der Waals surface area contributed by atoms with Crippen LogP contribution in [-0.2, 0) is 11.3 Å². The Morgan fingerprint density at radius 2 is 2.30 bits per heavy atom. The first-order chi connectivity index (χ1) is 11.2. The van der Waals surface area contributed by atoms with E-state index >= 15 is 0 Å². The van der Waals surface area contributed by atoms with Gasteiger partial charge in [-0.2, -0.15) is 10.4 Å². The summed E-state index contributed by atoms with van der Waals surface area (Å²) in [6, 6.07) is 11.1. The van der Waals surface area contributed by atoms with Crippen molar-refractivity contribution in [1.29, 1.82) is 5.26 Å². The molecule has 23 heavy (non-hydrogen) atoms. The fraction of sp³-hybridized carbons (Fsp3) is 0.125. The van der Waals surface area contributed by atoms with Crippen LogP contribution in [0.25, 0.3) is 11.4 Å². The van der Waals surface area contributed by atoms with Gasteiger partial charge in [-0.05, 0) is 29.1 Å². The average molecular weight is 324 g/mol. The number of methoxy groups -OCH3 is 1. The van der Waals surface area contributed by atoms with Crippen molar-refractivity contribution in [3.8, 4) is 17.5 Å². The molecule has 0 unspecified atom stereocenters. The summed E-state index contributed by atoms with van der Waals surface area (Å²) in [5, 5.41) is 15.1. The zero-order valence-corrected chi connectivity index (χ0v) is 13.1. The van der Waals surface area contributed by atoms with E-state index in [9.17, 15) is 4.79 Å². The average Bonchev–Trinajstić information content (AvgIpc) is 3.24. The minimum absolute atomic E-state index is 0.358. The number of thiophene rings is 1. The van der Waals surface area contributed by atoms with Crippen molar-refractivity contribution >= 4 is 17.3 Å². The Hall–Kier alpha value is -2.98. The van der Waals surface area contributed by atoms with Gasteiger partial charge in [0.05, 0.1) is 25.3 Å². The van der Waals surface area contributed by atoms with Gasteiger partial charge in [0.1, 0.15) is 11.2 Å². The van der Waals surface area contributed by atoms with Crippen LogP contribution in [0.1, 0.15) is 20.8 Å². The molecular weight excluding hydrogens is 312 g/mol. The van der Waals surface area contributed by atoms with Gasteiger partial charge in [0.15, 0.2) is 5.82 Å². The van der Waals surface area contributed by atoms with E-state index in [0.29, 0.717) is 22.8 Å². The van der Waals surface area contributed by atoms with Gasteiger partial charge in [-0.1, -0.05) is 12.1 Å². The van der Waals surface area contributed by atoms with Crippen LogP contribution in [-0.4, -0.2) is 27.8 Å². The number of hydrogen-bond acceptors (Lipinski definition) is 6. The predicted octanol–water partition coefficient (Wildman–Crippen LogP) is 2.71. The van der Waals surface area contributed by atoms with Gasteiger partial charge in [0, 0.05) is 5.56 Å². The molecule has 2 heterocycles. The van der Waals surface area contributed by atoms with Crippen LogP contribution < -0.4 is 0 Å². The van der Waals surface area contributed by atoms with E-state index in [1.54, 1.807) is 22.9 Å². The monoisotopic (exact) mass is 324 g/mol. The van der Waals surface area contributed by atoms with Gasteiger partial charge < -0.3 is 4.74 Å². The van der Waals surface area contributed by atoms with Gasteiger partial charge in [-0.3, -0.25) is 0 Å². The molecule has 2 aromatic heterocycles. The van der Waals surface area contributed by atoms with Crippen LogP contribution in [0.3, 0.4) is 0 Å². The maximum Gasteiger partial charge on any atom is 0.348 e. The van der Waals surface area contributed by atoms with E-state index in [0.717, 1.165) is 11.1 Å². The minimum Gasteiger partial charge on any atom is -0.465 e. The van der Waals surface area contributed by atoms with Gasteiger partial charge in [0.25, 0.3) is 0 Å². The molecule has 0 N–H and O–H groups in total. The van der Waals surface area contributed by atoms with Crippen molar-refractivity contribution in [2.75, 3.05) is 7.11 Å². The van der Waals surface area contributed by atoms with Crippen LogP contribution in [0.4, 0.5) is 0 Å². The molecule has 0 saturated heterocycles. The first-order valence-corrected chi connectivity index (χ1v) is 7.64. The third-order valence-corrected chi connectivity index (χ3v) is 4.24. The van der Waals surface area contributed by atoms with Crippen molar-refractivity contribution < 1.29 is 9.53 Å². The quantitative estimate of drug-likeness (QED) is 0.689. The molecule has 0 aliphatic rings. The summed E-state index contributed by atoms with van der Waals surface area (Å²) >= 11 is 1.33. The van der Waals surface area contributed by atoms with Gasteiger partial charge in [0.2, 0.25) is 0 Å². The molecule has 0 aliphatic carbocycles. The summed E-state index contributed by atoms with van der Waals surface area (Å²) in [6.07, 6.45) is 1.46. The van der Waals surface area contributed by atoms with Crippen molar-refractivity contribution in [1.82, 2.24) is 14.8 Å². The van der Waals surface area contributed by atoms with Crippen LogP contribution in [0.2, 0.25) is 0 Å². The minimum atomic E-state index is -0.358. The topological polar surface area (TPSA) is 80.8 Å². The molecule has 3 aromatic rings. The lowest BCUT2D eigenvalue weighted by molar-refractivity contribution is 0.0605. The molecule has 0 spiro atoms. The van der Waals surface area contributed by atoms with Crippen molar-refractivity contribution in [2.24, 2.45) is 0 Å². The molecule has 0 bridgehead atoms. The molecule has 0 radical (unpaired) electrons. The Kier molecular flexibility index (Phi) is 4.17. The Morgan fingerprint density at radius 3 is 3.09 bits per heavy atom. The number of carbonyl (C=O) groups is 1. The SMILES string of the molecule is COC(=O)c1sccc1Cn1ncnc1-c1cccc(C#N)c1. The van der Waals surface area contributed by atoms with E-state index < -0.39 is 0 Å². The largest absolute Gasteiger partial charge is 0.465 e. The smallest absolute Gasteiger partial charge is 0.348 e. The lowest BCUT2D eigenvalue weighted by Gasteiger charge is -2.07. The summed E-state index contributed by atoms with van der Waals surface area (Å²) < 4.78 is 6.49. The van der Waals surface area contributed by atoms with E-state index in [1.165, 1.54) is 24.8 Å². The molecular formula is C16H12N4O2S. The third-order valence-electron chi connectivity index (χ3n) is 3.30. The summed E-state index contributed by atoms with van der Waals surface area (Å²) in [4.78, 5) is 16.6. The van der Waals surface area contributed by atoms with Gasteiger partial charge in [-0.25, -0.2) is 14.5 Å². The number of carbonyl (C=O) groups excluding carboxylic acids is 1. The summed E-state index contributed by atoms with van der Waals surface area (Å²) in [5.74, 6) is 0.284. The molecule has 7 heteroatoms. The number of hydrogen-bond donors (Lipinski definition) is 0. The molecule has 0 aliphatic heterocycles. The second kappa shape index (κ2) is 6.42. The normalized spacial score (nSPS) is 10.3. The maximum absolute atomic E-state index is 11.8. The summed E-state index contributed by atoms with van der Waals surface area (Å²) in [7, 11) is 1.36. The Bertz CT molecular complexity index is 891. The van der Waals surface area contributed by atoms with Crippen LogP contribution in [0.5, 0.6) is 0 Å². The summed E-state index contributed by atoms with van der Waals surface area (Å²) in [5.41, 5.74) is 2.18. The Morgan fingerprint density at radius 1 is 1.43 bits per heavy atom. The first-order valence-electron chi connectivity index (χ1n) is 6.76. The van der Waals surface area contributed by atoms with E-state index in [4.69, 9.17) is 10.00 Å². The van der Waals surface area contributed by atoms with Crippen LogP contribution in [0, 0.1) is 11.3 Å². The van der Waals surface area contributed by atoms with Crippen molar-refractivity contribution in [2.45, 2.75) is 6.54 Å². The highest BCUT2D eigenvalue weighted by molar-refractivity contribution is 7.12. The second-order valence-corrected chi connectivity index (χ2v) is 5.62. The van der Waals surface area contributed by atoms with Gasteiger partial charge in [-0.15, -0.1) is 11.3 Å². The molecule has 6 nitrogen and oxygen atoms in total. The van der Waals surface area contributed by atoms with E-state index in [2.05, 4.69) is 16.2 Å². The Balaban J connectivity index is 1.95. The lowest BCUT2D eigenvalue weighted by Crippen LogP contribution is -2.08. The van der Waals surface area contributed by atoms with Crippen LogP contribution in [0.15, 0.2) is 42.0 Å². The molecule has 0 atom stereocenters. The number of nitrogens with zero attached hydrogens (tertiary/aromatic N) is 4. The van der Waals surface area contributed by atoms with E-state index in [-0.39, 0.29) is 5.97 Å². The summed E-state index contributed by atoms with van der Waals surface area (Å²) in [6.45, 7) is 0.403. The molecule has 0 fully saturated rings. The highest BCUT2D eigenvalue weighted by atomic mass is 32.1. The third kappa shape index (κ3) is 2.98. The number of nitriles is 1. The second-order valence-electron chi connectivity index (χ2n) is 4.70. The number of aromatic nitrogens is 3. The molecule has 114 valence electrons. The lowest BCUT2D eigenvalue weighted by atomic mass is 10.1. The van der Waals surface area contributed by atoms with Crippen LogP contribution >= 0.6 is 11.3 Å². The molecule has 0 saturated carbocycles. The highest BCUT2D eigenvalue weighted by Crippen LogP contribution is 2.22. The highest BCUT2D eigenvalue weighted by Gasteiger charge is 2.16. The van der Waals surface area contributed by atoms with Crippen molar-refractivity contribution in [3.63, 3.8) is 0 Å². The van der Waals surface area contributed by atoms with E-state index in [1.807, 2.05) is 17.5 Å². The molecule has 0 amide bonds. The first kappa shape index (κ1) is 14.9. The number of benzene rings is 1. The van der Waals surface area contributed by atoms with Crippen molar-refractivity contribution in [3.05, 3.63) is 58.0 Å². The molecule has 3 rings (SSSR count). The molecule has 1 aromatic carbocycles. The number of esters is 1. The van der Waals surface area contributed by atoms with Gasteiger partial charge >= 0.3 is 5.97 Å². The number of rotatable bonds is 4. The maximum atomic E-state index is 11.8. The zero-order chi connectivity index (χ0) is 16.2. The number of ether oxygens (including phenoxy) is 1. The predicted molar refractivity (Wildman–Crippen MR) is 84.9 cm³/mol. The fourth-order valence-corrected chi connectivity index (χ4v) is 3.06.